The summed E-state index contributed by atoms with van der Waals surface area (Å²) < 4.78 is 0. The number of hydrogen-bond donors (Lipinski definition) is 2. The van der Waals surface area contributed by atoms with E-state index in [4.69, 9.17) is 0 Å². The number of benzene rings is 2. The molecule has 1 fully saturated rings. The molecule has 0 radical (unpaired) electrons. The molecule has 1 saturated heterocycles. The van der Waals surface area contributed by atoms with Crippen molar-refractivity contribution in [2.45, 2.75) is 6.04 Å². The van der Waals surface area contributed by atoms with Crippen LogP contribution in [-0.4, -0.2) is 19.6 Å². The van der Waals surface area contributed by atoms with Crippen molar-refractivity contribution >= 4 is 12.4 Å². The van der Waals surface area contributed by atoms with E-state index in [0.29, 0.717) is 6.04 Å². The largest absolute Gasteiger partial charge is 0.314 e. The summed E-state index contributed by atoms with van der Waals surface area (Å²) in [5.41, 5.74) is 3.92. The fourth-order valence-electron chi connectivity index (χ4n) is 2.43. The van der Waals surface area contributed by atoms with E-state index in [2.05, 4.69) is 65.2 Å². The lowest BCUT2D eigenvalue weighted by Gasteiger charge is -2.25. The van der Waals surface area contributed by atoms with Gasteiger partial charge >= 0.3 is 0 Å². The molecule has 0 spiro atoms. The Balaban J connectivity index is 0.00000133. The second-order valence-electron chi connectivity index (χ2n) is 4.70. The molecule has 2 N–H and O–H groups in total. The molecule has 0 aliphatic carbocycles. The van der Waals surface area contributed by atoms with E-state index in [9.17, 15) is 0 Å². The number of piperazine rings is 1. The number of nitrogens with one attached hydrogen (secondary N) is 2. The minimum absolute atomic E-state index is 0. The molecule has 3 rings (SSSR count). The molecule has 0 amide bonds. The average molecular weight is 275 g/mol. The van der Waals surface area contributed by atoms with Gasteiger partial charge in [-0.1, -0.05) is 54.6 Å². The molecular weight excluding hydrogens is 256 g/mol. The molecule has 2 aromatic carbocycles. The van der Waals surface area contributed by atoms with Crippen molar-refractivity contribution < 1.29 is 0 Å². The van der Waals surface area contributed by atoms with Crippen LogP contribution in [0.2, 0.25) is 0 Å². The molecule has 3 heteroatoms. The molecule has 1 aliphatic heterocycles. The highest BCUT2D eigenvalue weighted by atomic mass is 35.5. The molecule has 0 unspecified atom stereocenters. The lowest BCUT2D eigenvalue weighted by molar-refractivity contribution is 0.430. The minimum atomic E-state index is 0. The van der Waals surface area contributed by atoms with Crippen molar-refractivity contribution in [1.82, 2.24) is 10.6 Å². The summed E-state index contributed by atoms with van der Waals surface area (Å²) in [7, 11) is 0. The van der Waals surface area contributed by atoms with Crippen molar-refractivity contribution in [1.29, 1.82) is 0 Å². The van der Waals surface area contributed by atoms with Crippen LogP contribution in [0.3, 0.4) is 0 Å². The van der Waals surface area contributed by atoms with Gasteiger partial charge in [0.2, 0.25) is 0 Å². The van der Waals surface area contributed by atoms with E-state index in [1.54, 1.807) is 0 Å². The van der Waals surface area contributed by atoms with Gasteiger partial charge in [0.05, 0.1) is 0 Å². The predicted molar refractivity (Wildman–Crippen MR) is 82.7 cm³/mol. The molecule has 19 heavy (non-hydrogen) atoms. The summed E-state index contributed by atoms with van der Waals surface area (Å²) in [5.74, 6) is 0. The van der Waals surface area contributed by atoms with Crippen LogP contribution < -0.4 is 10.6 Å². The molecule has 1 atom stereocenters. The Hall–Kier alpha value is -1.35. The zero-order valence-electron chi connectivity index (χ0n) is 10.8. The minimum Gasteiger partial charge on any atom is -0.314 e. The van der Waals surface area contributed by atoms with Crippen molar-refractivity contribution in [3.63, 3.8) is 0 Å². The Morgan fingerprint density at radius 3 is 2.11 bits per heavy atom. The van der Waals surface area contributed by atoms with Gasteiger partial charge in [0, 0.05) is 25.7 Å². The van der Waals surface area contributed by atoms with Gasteiger partial charge in [-0.25, -0.2) is 0 Å². The Morgan fingerprint density at radius 1 is 0.789 bits per heavy atom. The van der Waals surface area contributed by atoms with Gasteiger partial charge in [-0.3, -0.25) is 0 Å². The highest BCUT2D eigenvalue weighted by Crippen LogP contribution is 2.22. The summed E-state index contributed by atoms with van der Waals surface area (Å²) in [4.78, 5) is 0. The second-order valence-corrected chi connectivity index (χ2v) is 4.70. The summed E-state index contributed by atoms with van der Waals surface area (Å²) in [5, 5.41) is 6.95. The first-order valence-corrected chi connectivity index (χ1v) is 6.53. The van der Waals surface area contributed by atoms with Gasteiger partial charge in [0.25, 0.3) is 0 Å². The molecule has 0 bridgehead atoms. The SMILES string of the molecule is Cl.c1ccc(-c2ccc([C@@H]3CNCCN3)cc2)cc1. The Bertz CT molecular complexity index is 490. The third-order valence-electron chi connectivity index (χ3n) is 3.46. The smallest absolute Gasteiger partial charge is 0.0447 e. The average Bonchev–Trinajstić information content (AvgIpc) is 2.49. The lowest BCUT2D eigenvalue weighted by atomic mass is 10.00. The molecule has 1 heterocycles. The monoisotopic (exact) mass is 274 g/mol. The highest BCUT2D eigenvalue weighted by Gasteiger charge is 2.13. The van der Waals surface area contributed by atoms with Gasteiger partial charge < -0.3 is 10.6 Å². The quantitative estimate of drug-likeness (QED) is 0.880. The maximum absolute atomic E-state index is 3.53. The third kappa shape index (κ3) is 3.35. The summed E-state index contributed by atoms with van der Waals surface area (Å²) in [6.07, 6.45) is 0. The Morgan fingerprint density at radius 2 is 1.47 bits per heavy atom. The molecule has 1 aliphatic rings. The summed E-state index contributed by atoms with van der Waals surface area (Å²) >= 11 is 0. The maximum Gasteiger partial charge on any atom is 0.0447 e. The van der Waals surface area contributed by atoms with Crippen LogP contribution in [0.1, 0.15) is 11.6 Å². The van der Waals surface area contributed by atoms with E-state index in [1.165, 1.54) is 16.7 Å². The topological polar surface area (TPSA) is 24.1 Å². The molecule has 2 aromatic rings. The summed E-state index contributed by atoms with van der Waals surface area (Å²) in [6.45, 7) is 3.13. The third-order valence-corrected chi connectivity index (χ3v) is 3.46. The first-order chi connectivity index (χ1) is 8.93. The van der Waals surface area contributed by atoms with Crippen LogP contribution in [0, 0.1) is 0 Å². The van der Waals surface area contributed by atoms with E-state index in [1.807, 2.05) is 0 Å². The zero-order valence-corrected chi connectivity index (χ0v) is 11.6. The van der Waals surface area contributed by atoms with Gasteiger partial charge in [0.1, 0.15) is 0 Å². The van der Waals surface area contributed by atoms with Crippen molar-refractivity contribution in [2.24, 2.45) is 0 Å². The lowest BCUT2D eigenvalue weighted by Crippen LogP contribution is -2.42. The van der Waals surface area contributed by atoms with Crippen LogP contribution in [-0.2, 0) is 0 Å². The van der Waals surface area contributed by atoms with Gasteiger partial charge in [-0.15, -0.1) is 12.4 Å². The molecule has 0 aromatic heterocycles. The molecule has 100 valence electrons. The van der Waals surface area contributed by atoms with Crippen LogP contribution in [0.25, 0.3) is 11.1 Å². The predicted octanol–water partition coefficient (Wildman–Crippen LogP) is 3.01. The Labute approximate surface area is 120 Å². The van der Waals surface area contributed by atoms with E-state index < -0.39 is 0 Å². The fraction of sp³-hybridized carbons (Fsp3) is 0.250. The molecular formula is C16H19ClN2. The standard InChI is InChI=1S/C16H18N2.ClH/c1-2-4-13(5-3-1)14-6-8-15(9-7-14)16-12-17-10-11-18-16;/h1-9,16-18H,10-12H2;1H/t16-;/m0./s1. The normalized spacial score (nSPS) is 18.6. The van der Waals surface area contributed by atoms with Crippen molar-refractivity contribution in [3.8, 4) is 11.1 Å². The number of halogens is 1. The van der Waals surface area contributed by atoms with Gasteiger partial charge in [-0.2, -0.15) is 0 Å². The number of hydrogen-bond acceptors (Lipinski definition) is 2. The van der Waals surface area contributed by atoms with Crippen LogP contribution in [0.15, 0.2) is 54.6 Å². The van der Waals surface area contributed by atoms with Crippen LogP contribution in [0.5, 0.6) is 0 Å². The molecule has 0 saturated carbocycles. The van der Waals surface area contributed by atoms with Crippen LogP contribution in [0.4, 0.5) is 0 Å². The second kappa shape index (κ2) is 6.71. The van der Waals surface area contributed by atoms with E-state index >= 15 is 0 Å². The highest BCUT2D eigenvalue weighted by molar-refractivity contribution is 5.85. The van der Waals surface area contributed by atoms with Gasteiger partial charge in [0.15, 0.2) is 0 Å². The van der Waals surface area contributed by atoms with E-state index in [-0.39, 0.29) is 12.4 Å². The van der Waals surface area contributed by atoms with Crippen molar-refractivity contribution in [3.05, 3.63) is 60.2 Å². The number of rotatable bonds is 2. The Kier molecular flexibility index (Phi) is 4.97. The van der Waals surface area contributed by atoms with Crippen molar-refractivity contribution in [2.75, 3.05) is 19.6 Å². The van der Waals surface area contributed by atoms with Crippen LogP contribution >= 0.6 is 12.4 Å². The first-order valence-electron chi connectivity index (χ1n) is 6.53. The zero-order chi connectivity index (χ0) is 12.2. The van der Waals surface area contributed by atoms with E-state index in [0.717, 1.165) is 19.6 Å². The fourth-order valence-corrected chi connectivity index (χ4v) is 2.43. The summed E-state index contributed by atoms with van der Waals surface area (Å²) in [6, 6.07) is 19.8. The first kappa shape index (κ1) is 14.1. The molecule has 2 nitrogen and oxygen atoms in total. The maximum atomic E-state index is 3.53. The van der Waals surface area contributed by atoms with Gasteiger partial charge in [-0.05, 0) is 16.7 Å².